The first kappa shape index (κ1) is 26.1. The van der Waals surface area contributed by atoms with Crippen molar-refractivity contribution >= 4 is 63.1 Å². The number of carbonyl (C=O) groups excluding carboxylic acids is 2. The number of amidine groups is 1. The number of benzene rings is 2. The highest BCUT2D eigenvalue weighted by atomic mass is 127. The molecule has 0 radical (unpaired) electrons. The number of hydrogen-bond acceptors (Lipinski definition) is 6. The molecule has 2 aromatic rings. The summed E-state index contributed by atoms with van der Waals surface area (Å²) < 4.78 is 12.1. The molecule has 34 heavy (non-hydrogen) atoms. The molecule has 0 unspecified atom stereocenters. The number of amides is 2. The van der Waals surface area contributed by atoms with Crippen LogP contribution in [0.2, 0.25) is 0 Å². The number of methoxy groups -OCH3 is 1. The lowest BCUT2D eigenvalue weighted by atomic mass is 10.1. The van der Waals surface area contributed by atoms with Crippen molar-refractivity contribution in [3.63, 3.8) is 0 Å². The fourth-order valence-electron chi connectivity index (χ4n) is 3.22. The number of thioether (sulfide) groups is 1. The van der Waals surface area contributed by atoms with E-state index in [2.05, 4.69) is 32.9 Å². The van der Waals surface area contributed by atoms with Crippen LogP contribution in [0, 0.1) is 3.57 Å². The predicted octanol–water partition coefficient (Wildman–Crippen LogP) is 5.41. The Morgan fingerprint density at radius 1 is 1.21 bits per heavy atom. The summed E-state index contributed by atoms with van der Waals surface area (Å²) in [5.74, 6) is 0.628. The zero-order valence-electron chi connectivity index (χ0n) is 19.8. The van der Waals surface area contributed by atoms with Gasteiger partial charge in [0.15, 0.2) is 23.3 Å². The van der Waals surface area contributed by atoms with E-state index in [0.717, 1.165) is 9.13 Å². The first-order chi connectivity index (χ1) is 16.2. The second kappa shape index (κ2) is 11.7. The molecule has 0 saturated carbocycles. The number of halogens is 1. The topological polar surface area (TPSA) is 80.2 Å². The van der Waals surface area contributed by atoms with Gasteiger partial charge in [0.25, 0.3) is 11.8 Å². The third-order valence-corrected chi connectivity index (χ3v) is 6.47. The highest BCUT2D eigenvalue weighted by molar-refractivity contribution is 14.1. The van der Waals surface area contributed by atoms with E-state index in [-0.39, 0.29) is 30.5 Å². The molecule has 9 heteroatoms. The van der Waals surface area contributed by atoms with Crippen LogP contribution >= 0.6 is 34.4 Å². The second-order valence-corrected chi connectivity index (χ2v) is 10.3. The molecule has 1 saturated heterocycles. The first-order valence-electron chi connectivity index (χ1n) is 10.9. The smallest absolute Gasteiger partial charge is 0.266 e. The molecule has 1 heterocycles. The summed E-state index contributed by atoms with van der Waals surface area (Å²) in [5, 5.41) is 3.51. The van der Waals surface area contributed by atoms with Crippen LogP contribution in [-0.2, 0) is 9.59 Å². The van der Waals surface area contributed by atoms with Gasteiger partial charge in [-0.05, 0) is 98.0 Å². The van der Waals surface area contributed by atoms with Gasteiger partial charge in [0.1, 0.15) is 0 Å². The molecule has 0 aromatic heterocycles. The summed E-state index contributed by atoms with van der Waals surface area (Å²) in [6, 6.07) is 13.0. The van der Waals surface area contributed by atoms with Crippen LogP contribution in [0.4, 0.5) is 5.69 Å². The number of aliphatic imine (C=N–C) groups is 1. The first-order valence-corrected chi connectivity index (χ1v) is 12.7. The van der Waals surface area contributed by atoms with Gasteiger partial charge in [-0.25, -0.2) is 0 Å². The van der Waals surface area contributed by atoms with Crippen molar-refractivity contribution in [2.75, 3.05) is 19.0 Å². The molecule has 0 atom stereocenters. The van der Waals surface area contributed by atoms with E-state index in [0.29, 0.717) is 27.3 Å². The molecule has 1 N–H and O–H groups in total. The number of nitrogens with one attached hydrogen (secondary N) is 1. The Bertz CT molecular complexity index is 1120. The van der Waals surface area contributed by atoms with Gasteiger partial charge in [-0.3, -0.25) is 19.5 Å². The summed E-state index contributed by atoms with van der Waals surface area (Å²) in [4.78, 5) is 32.2. The Balaban J connectivity index is 1.79. The van der Waals surface area contributed by atoms with E-state index in [4.69, 9.17) is 9.47 Å². The SMILES string of the molecule is COc1cc(/C=C2/SC(=NC(C)C)N(C(C)C)C2=O)cc(I)c1OCC(=O)Nc1ccccc1. The van der Waals surface area contributed by atoms with Crippen LogP contribution in [0.25, 0.3) is 6.08 Å². The maximum Gasteiger partial charge on any atom is 0.266 e. The van der Waals surface area contributed by atoms with E-state index in [1.54, 1.807) is 18.1 Å². The zero-order valence-corrected chi connectivity index (χ0v) is 22.8. The molecule has 3 rings (SSSR count). The summed E-state index contributed by atoms with van der Waals surface area (Å²) >= 11 is 3.52. The number of nitrogens with zero attached hydrogens (tertiary/aromatic N) is 2. The zero-order chi connectivity index (χ0) is 24.8. The predicted molar refractivity (Wildman–Crippen MR) is 146 cm³/mol. The minimum atomic E-state index is -0.269. The van der Waals surface area contributed by atoms with Crippen LogP contribution in [0.5, 0.6) is 11.5 Å². The number of anilines is 1. The second-order valence-electron chi connectivity index (χ2n) is 8.12. The number of hydrogen-bond donors (Lipinski definition) is 1. The van der Waals surface area contributed by atoms with Gasteiger partial charge in [0.05, 0.1) is 15.6 Å². The van der Waals surface area contributed by atoms with Gasteiger partial charge in [0.2, 0.25) is 0 Å². The molecular weight excluding hydrogens is 565 g/mol. The van der Waals surface area contributed by atoms with Crippen LogP contribution in [0.1, 0.15) is 33.3 Å². The fraction of sp³-hybridized carbons (Fsp3) is 0.320. The van der Waals surface area contributed by atoms with E-state index >= 15 is 0 Å². The molecule has 1 aliphatic heterocycles. The van der Waals surface area contributed by atoms with Crippen molar-refractivity contribution in [1.82, 2.24) is 4.90 Å². The summed E-state index contributed by atoms with van der Waals surface area (Å²) in [6.45, 7) is 7.77. The monoisotopic (exact) mass is 593 g/mol. The molecule has 0 aliphatic carbocycles. The number of para-hydroxylation sites is 1. The van der Waals surface area contributed by atoms with Crippen LogP contribution in [0.3, 0.4) is 0 Å². The van der Waals surface area contributed by atoms with Gasteiger partial charge in [0, 0.05) is 17.8 Å². The summed E-state index contributed by atoms with van der Waals surface area (Å²) in [6.07, 6.45) is 1.84. The van der Waals surface area contributed by atoms with E-state index in [1.807, 2.05) is 70.2 Å². The van der Waals surface area contributed by atoms with Gasteiger partial charge >= 0.3 is 0 Å². The molecule has 0 spiro atoms. The maximum atomic E-state index is 13.0. The minimum Gasteiger partial charge on any atom is -0.493 e. The van der Waals surface area contributed by atoms with Crippen molar-refractivity contribution in [3.05, 3.63) is 56.5 Å². The Hall–Kier alpha value is -2.53. The van der Waals surface area contributed by atoms with Crippen LogP contribution in [-0.4, -0.2) is 47.7 Å². The number of ether oxygens (including phenoxy) is 2. The Labute approximate surface area is 218 Å². The molecule has 2 amide bonds. The molecule has 7 nitrogen and oxygen atoms in total. The van der Waals surface area contributed by atoms with Gasteiger partial charge in [-0.2, -0.15) is 0 Å². The minimum absolute atomic E-state index is 0.0101. The quantitative estimate of drug-likeness (QED) is 0.327. The van der Waals surface area contributed by atoms with Gasteiger partial charge < -0.3 is 14.8 Å². The van der Waals surface area contributed by atoms with Crippen molar-refractivity contribution in [2.24, 2.45) is 4.99 Å². The van der Waals surface area contributed by atoms with E-state index in [1.165, 1.54) is 11.8 Å². The van der Waals surface area contributed by atoms with Crippen molar-refractivity contribution < 1.29 is 19.1 Å². The standard InChI is InChI=1S/C25H28IN3O4S/c1-15(2)27-25-29(16(3)4)24(31)21(34-25)13-17-11-19(26)23(20(12-17)32-5)33-14-22(30)28-18-9-7-6-8-10-18/h6-13,15-16H,14H2,1-5H3,(H,28,30)/b21-13+,27-25?. The molecule has 2 aromatic carbocycles. The van der Waals surface area contributed by atoms with E-state index < -0.39 is 0 Å². The third-order valence-electron chi connectivity index (χ3n) is 4.68. The van der Waals surface area contributed by atoms with Crippen LogP contribution in [0.15, 0.2) is 52.4 Å². The van der Waals surface area contributed by atoms with Crippen molar-refractivity contribution in [1.29, 1.82) is 0 Å². The van der Waals surface area contributed by atoms with E-state index in [9.17, 15) is 9.59 Å². The maximum absolute atomic E-state index is 13.0. The van der Waals surface area contributed by atoms with Gasteiger partial charge in [-0.1, -0.05) is 18.2 Å². The van der Waals surface area contributed by atoms with Crippen LogP contribution < -0.4 is 14.8 Å². The average molecular weight is 593 g/mol. The average Bonchev–Trinajstić information content (AvgIpc) is 3.07. The highest BCUT2D eigenvalue weighted by Crippen LogP contribution is 2.38. The molecule has 1 fully saturated rings. The summed E-state index contributed by atoms with van der Waals surface area (Å²) in [7, 11) is 1.54. The molecular formula is C25H28IN3O4S. The molecule has 0 bridgehead atoms. The van der Waals surface area contributed by atoms with Crippen molar-refractivity contribution in [2.45, 2.75) is 39.8 Å². The van der Waals surface area contributed by atoms with Crippen molar-refractivity contribution in [3.8, 4) is 11.5 Å². The van der Waals surface area contributed by atoms with Gasteiger partial charge in [-0.15, -0.1) is 0 Å². The lowest BCUT2D eigenvalue weighted by molar-refractivity contribution is -0.123. The lowest BCUT2D eigenvalue weighted by Gasteiger charge is -2.20. The molecule has 1 aliphatic rings. The lowest BCUT2D eigenvalue weighted by Crippen LogP contribution is -2.35. The highest BCUT2D eigenvalue weighted by Gasteiger charge is 2.35. The Morgan fingerprint density at radius 2 is 1.91 bits per heavy atom. The summed E-state index contributed by atoms with van der Waals surface area (Å²) in [5.41, 5.74) is 1.50. The number of carbonyl (C=O) groups is 2. The molecule has 180 valence electrons. The normalized spacial score (nSPS) is 16.1. The Kier molecular flexibility index (Phi) is 9.01. The largest absolute Gasteiger partial charge is 0.493 e. The number of rotatable bonds is 8. The Morgan fingerprint density at radius 3 is 2.53 bits per heavy atom. The fourth-order valence-corrected chi connectivity index (χ4v) is 5.24. The third kappa shape index (κ3) is 6.53.